The Balaban J connectivity index is 1.03. The quantitative estimate of drug-likeness (QED) is 0.268. The number of rotatable bonds is 6. The zero-order valence-corrected chi connectivity index (χ0v) is 29.7. The highest BCUT2D eigenvalue weighted by Gasteiger charge is 2.59. The molecule has 0 aromatic carbocycles. The lowest BCUT2D eigenvalue weighted by Crippen LogP contribution is -2.62. The van der Waals surface area contributed by atoms with Gasteiger partial charge in [0.25, 0.3) is 0 Å². The van der Waals surface area contributed by atoms with E-state index in [1.165, 1.54) is 51.4 Å². The number of nitrogens with zero attached hydrogens (tertiary/aromatic N) is 2. The molecule has 6 heteroatoms. The lowest BCUT2D eigenvalue weighted by Gasteiger charge is -2.58. The molecule has 0 aromatic heterocycles. The van der Waals surface area contributed by atoms with Crippen LogP contribution in [-0.4, -0.2) is 45.5 Å². The Hall–Kier alpha value is -1.72. The van der Waals surface area contributed by atoms with Gasteiger partial charge in [0.1, 0.15) is 0 Å². The van der Waals surface area contributed by atoms with E-state index in [9.17, 15) is 9.59 Å². The summed E-state index contributed by atoms with van der Waals surface area (Å²) in [6.45, 7) is 0. The third-order valence-electron chi connectivity index (χ3n) is 16.2. The van der Waals surface area contributed by atoms with Gasteiger partial charge in [-0.05, 0) is 164 Å². The highest BCUT2D eigenvalue weighted by atomic mass is 16.2. The molecule has 11 saturated carbocycles. The maximum absolute atomic E-state index is 15.2. The summed E-state index contributed by atoms with van der Waals surface area (Å²) in [6.07, 6.45) is 26.9. The number of carbonyl (C=O) groups excluding carboxylic acids is 4. The molecule has 0 radical (unpaired) electrons. The molecule has 48 heavy (non-hydrogen) atoms. The van der Waals surface area contributed by atoms with E-state index in [4.69, 9.17) is 0 Å². The first-order chi connectivity index (χ1) is 23.3. The molecule has 0 saturated heterocycles. The second-order valence-electron chi connectivity index (χ2n) is 19.6. The Morgan fingerprint density at radius 2 is 0.688 bits per heavy atom. The summed E-state index contributed by atoms with van der Waals surface area (Å²) in [6, 6.07) is -0.381. The van der Waals surface area contributed by atoms with Crippen LogP contribution in [0.3, 0.4) is 0 Å². The normalized spacial score (nSPS) is 43.7. The lowest BCUT2D eigenvalue weighted by molar-refractivity contribution is -0.172. The average molecular weight is 659 g/mol. The van der Waals surface area contributed by atoms with Crippen molar-refractivity contribution in [3.05, 3.63) is 0 Å². The molecule has 11 aliphatic carbocycles. The predicted molar refractivity (Wildman–Crippen MR) is 184 cm³/mol. The third kappa shape index (κ3) is 5.55. The van der Waals surface area contributed by atoms with Gasteiger partial charge in [-0.3, -0.25) is 29.0 Å². The van der Waals surface area contributed by atoms with Crippen LogP contribution in [0.15, 0.2) is 0 Å². The number of hydrogen-bond donors (Lipinski definition) is 0. The van der Waals surface area contributed by atoms with Crippen molar-refractivity contribution in [2.24, 2.45) is 58.2 Å². The Bertz CT molecular complexity index is 1130. The first-order valence-electron chi connectivity index (χ1n) is 21.0. The summed E-state index contributed by atoms with van der Waals surface area (Å²) < 4.78 is 0. The molecule has 0 aliphatic heterocycles. The topological polar surface area (TPSA) is 74.8 Å². The maximum Gasteiger partial charge on any atom is 0.235 e. The summed E-state index contributed by atoms with van der Waals surface area (Å²) in [4.78, 5) is 63.4. The number of carbonyl (C=O) groups is 4. The molecule has 11 aliphatic rings. The van der Waals surface area contributed by atoms with Gasteiger partial charge in [0.2, 0.25) is 23.6 Å². The fourth-order valence-electron chi connectivity index (χ4n) is 14.8. The summed E-state index contributed by atoms with van der Waals surface area (Å²) in [5.74, 6) is 4.27. The Labute approximate surface area is 289 Å². The first kappa shape index (κ1) is 32.2. The summed E-state index contributed by atoms with van der Waals surface area (Å²) in [7, 11) is 0. The molecule has 11 rings (SSSR count). The molecule has 0 N–H and O–H groups in total. The maximum atomic E-state index is 15.2. The number of amides is 4. The van der Waals surface area contributed by atoms with Gasteiger partial charge < -0.3 is 0 Å². The molecule has 6 nitrogen and oxygen atoms in total. The van der Waals surface area contributed by atoms with Crippen LogP contribution in [0.2, 0.25) is 0 Å². The Morgan fingerprint density at radius 3 is 1.00 bits per heavy atom. The van der Waals surface area contributed by atoms with Crippen molar-refractivity contribution in [2.45, 2.75) is 179 Å². The van der Waals surface area contributed by atoms with E-state index in [0.29, 0.717) is 41.9 Å². The SMILES string of the molecule is O=C(C1CCCCC1)N(C(=O)C12CC3CC(CC(C3)C1)C2)C1CCCC(N(C(=O)C2CCCCC2)C(=O)C23CC4CC(CC(C4)C2)C3)C1. The van der Waals surface area contributed by atoms with E-state index < -0.39 is 0 Å². The summed E-state index contributed by atoms with van der Waals surface area (Å²) >= 11 is 0. The first-order valence-corrected chi connectivity index (χ1v) is 21.0. The molecule has 0 spiro atoms. The van der Waals surface area contributed by atoms with Gasteiger partial charge in [-0.1, -0.05) is 38.5 Å². The minimum absolute atomic E-state index is 0.0504. The molecule has 4 amide bonds. The highest BCUT2D eigenvalue weighted by Crippen LogP contribution is 2.62. The smallest absolute Gasteiger partial charge is 0.235 e. The molecular formula is C42H62N2O4. The zero-order valence-electron chi connectivity index (χ0n) is 29.7. The average Bonchev–Trinajstić information content (AvgIpc) is 3.08. The van der Waals surface area contributed by atoms with Crippen molar-refractivity contribution >= 4 is 23.6 Å². The van der Waals surface area contributed by atoms with Crippen LogP contribution in [0, 0.1) is 58.2 Å². The molecule has 264 valence electrons. The van der Waals surface area contributed by atoms with Crippen LogP contribution in [0.5, 0.6) is 0 Å². The highest BCUT2D eigenvalue weighted by molar-refractivity contribution is 6.01. The van der Waals surface area contributed by atoms with Crippen LogP contribution in [0.1, 0.15) is 167 Å². The molecule has 11 fully saturated rings. The van der Waals surface area contributed by atoms with Crippen LogP contribution >= 0.6 is 0 Å². The second kappa shape index (κ2) is 12.5. The van der Waals surface area contributed by atoms with Crippen molar-refractivity contribution in [2.75, 3.05) is 0 Å². The molecular weight excluding hydrogens is 596 g/mol. The van der Waals surface area contributed by atoms with Gasteiger partial charge >= 0.3 is 0 Å². The second-order valence-corrected chi connectivity index (χ2v) is 19.6. The lowest BCUT2D eigenvalue weighted by atomic mass is 9.49. The van der Waals surface area contributed by atoms with Gasteiger partial charge in [-0.2, -0.15) is 0 Å². The van der Waals surface area contributed by atoms with Gasteiger partial charge in [0, 0.05) is 23.9 Å². The fourth-order valence-corrected chi connectivity index (χ4v) is 14.8. The molecule has 8 bridgehead atoms. The zero-order chi connectivity index (χ0) is 32.6. The van der Waals surface area contributed by atoms with Crippen LogP contribution in [0.4, 0.5) is 0 Å². The van der Waals surface area contributed by atoms with Gasteiger partial charge in [-0.15, -0.1) is 0 Å². The minimum atomic E-state index is -0.362. The van der Waals surface area contributed by atoms with E-state index >= 15 is 9.59 Å². The van der Waals surface area contributed by atoms with E-state index in [0.717, 1.165) is 109 Å². The van der Waals surface area contributed by atoms with E-state index in [2.05, 4.69) is 0 Å². The minimum Gasteiger partial charge on any atom is -0.279 e. The van der Waals surface area contributed by atoms with E-state index in [1.807, 2.05) is 9.80 Å². The van der Waals surface area contributed by atoms with Crippen molar-refractivity contribution < 1.29 is 19.2 Å². The molecule has 2 unspecified atom stereocenters. The van der Waals surface area contributed by atoms with Crippen molar-refractivity contribution in [3.63, 3.8) is 0 Å². The van der Waals surface area contributed by atoms with E-state index in [-0.39, 0.29) is 58.4 Å². The van der Waals surface area contributed by atoms with E-state index in [1.54, 1.807) is 0 Å². The van der Waals surface area contributed by atoms with Gasteiger partial charge in [-0.25, -0.2) is 0 Å². The summed E-state index contributed by atoms with van der Waals surface area (Å²) in [5, 5.41) is 0. The standard InChI is InChI=1S/C42H62N2O4/c45-37(33-8-3-1-4-9-33)43(39(47)41-21-27-14-28(22-41)16-29(15-27)23-41)35-12-7-13-36(20-35)44(38(46)34-10-5-2-6-11-34)40(48)42-24-30-17-31(25-42)19-32(18-30)26-42/h27-36H,1-26H2. The van der Waals surface area contributed by atoms with Crippen LogP contribution < -0.4 is 0 Å². The van der Waals surface area contributed by atoms with Crippen LogP contribution in [0.25, 0.3) is 0 Å². The Kier molecular flexibility index (Phi) is 8.39. The monoisotopic (exact) mass is 658 g/mol. The molecule has 0 heterocycles. The number of imide groups is 2. The largest absolute Gasteiger partial charge is 0.279 e. The van der Waals surface area contributed by atoms with Crippen molar-refractivity contribution in [1.29, 1.82) is 0 Å². The van der Waals surface area contributed by atoms with Crippen LogP contribution in [-0.2, 0) is 19.2 Å². The molecule has 0 aromatic rings. The third-order valence-corrected chi connectivity index (χ3v) is 16.2. The van der Waals surface area contributed by atoms with Gasteiger partial charge in [0.15, 0.2) is 0 Å². The fraction of sp³-hybridized carbons (Fsp3) is 0.905. The molecule has 2 atom stereocenters. The van der Waals surface area contributed by atoms with Crippen molar-refractivity contribution in [3.8, 4) is 0 Å². The predicted octanol–water partition coefficient (Wildman–Crippen LogP) is 8.60. The van der Waals surface area contributed by atoms with Gasteiger partial charge in [0.05, 0.1) is 10.8 Å². The van der Waals surface area contributed by atoms with Crippen molar-refractivity contribution in [1.82, 2.24) is 9.80 Å². The number of hydrogen-bond acceptors (Lipinski definition) is 4. The summed E-state index contributed by atoms with van der Waals surface area (Å²) in [5.41, 5.74) is -0.725. The Morgan fingerprint density at radius 1 is 0.375 bits per heavy atom.